The van der Waals surface area contributed by atoms with Crippen molar-refractivity contribution in [1.29, 1.82) is 0 Å². The lowest BCUT2D eigenvalue weighted by atomic mass is 9.71. The van der Waals surface area contributed by atoms with E-state index in [-0.39, 0.29) is 11.3 Å². The van der Waals surface area contributed by atoms with Crippen molar-refractivity contribution in [1.82, 2.24) is 5.32 Å². The van der Waals surface area contributed by atoms with Crippen molar-refractivity contribution in [2.75, 3.05) is 6.54 Å². The Hall–Kier alpha value is -0.570. The Morgan fingerprint density at radius 3 is 2.50 bits per heavy atom. The van der Waals surface area contributed by atoms with Crippen LogP contribution in [0.25, 0.3) is 0 Å². The van der Waals surface area contributed by atoms with Crippen LogP contribution in [0, 0.1) is 17.3 Å². The molecule has 0 spiro atoms. The fraction of sp³-hybridized carbons (Fsp3) is 0.941. The third-order valence-electron chi connectivity index (χ3n) is 5.94. The SMILES string of the molecule is CC1CCCC(NC(=O)CC2(CN)CCCCC2)C1C. The minimum atomic E-state index is 0.0891. The maximum absolute atomic E-state index is 12.4. The lowest BCUT2D eigenvalue weighted by molar-refractivity contribution is -0.125. The minimum absolute atomic E-state index is 0.0891. The quantitative estimate of drug-likeness (QED) is 0.830. The van der Waals surface area contributed by atoms with Gasteiger partial charge in [-0.1, -0.05) is 46.0 Å². The normalized spacial score (nSPS) is 33.6. The van der Waals surface area contributed by atoms with E-state index in [9.17, 15) is 4.79 Å². The summed E-state index contributed by atoms with van der Waals surface area (Å²) in [6, 6.07) is 0.379. The van der Waals surface area contributed by atoms with Crippen LogP contribution in [0.2, 0.25) is 0 Å². The number of nitrogens with two attached hydrogens (primary N) is 1. The van der Waals surface area contributed by atoms with Crippen LogP contribution in [-0.4, -0.2) is 18.5 Å². The number of nitrogens with one attached hydrogen (secondary N) is 1. The zero-order valence-electron chi connectivity index (χ0n) is 13.3. The largest absolute Gasteiger partial charge is 0.353 e. The van der Waals surface area contributed by atoms with Crippen LogP contribution in [0.1, 0.15) is 71.6 Å². The first-order valence-corrected chi connectivity index (χ1v) is 8.56. The Kier molecular flexibility index (Phi) is 5.48. The zero-order valence-corrected chi connectivity index (χ0v) is 13.3. The van der Waals surface area contributed by atoms with Crippen molar-refractivity contribution < 1.29 is 4.79 Å². The summed E-state index contributed by atoms with van der Waals surface area (Å²) in [5, 5.41) is 3.31. The van der Waals surface area contributed by atoms with Crippen molar-refractivity contribution in [2.45, 2.75) is 77.7 Å². The van der Waals surface area contributed by atoms with Gasteiger partial charge < -0.3 is 11.1 Å². The second-order valence-corrected chi connectivity index (χ2v) is 7.38. The van der Waals surface area contributed by atoms with Crippen LogP contribution in [-0.2, 0) is 4.79 Å². The highest BCUT2D eigenvalue weighted by Crippen LogP contribution is 2.38. The second kappa shape index (κ2) is 6.93. The monoisotopic (exact) mass is 280 g/mol. The molecule has 0 aromatic carbocycles. The Labute approximate surface area is 124 Å². The molecule has 3 heteroatoms. The lowest BCUT2D eigenvalue weighted by Gasteiger charge is -2.38. The van der Waals surface area contributed by atoms with Gasteiger partial charge in [0, 0.05) is 12.5 Å². The molecular weight excluding hydrogens is 248 g/mol. The number of amides is 1. The van der Waals surface area contributed by atoms with Gasteiger partial charge in [-0.05, 0) is 43.1 Å². The maximum Gasteiger partial charge on any atom is 0.220 e. The Morgan fingerprint density at radius 1 is 1.15 bits per heavy atom. The maximum atomic E-state index is 12.4. The van der Waals surface area contributed by atoms with E-state index in [0.717, 1.165) is 25.2 Å². The van der Waals surface area contributed by atoms with E-state index in [1.807, 2.05) is 0 Å². The molecular formula is C17H32N2O. The summed E-state index contributed by atoms with van der Waals surface area (Å²) in [6.07, 6.45) is 10.4. The van der Waals surface area contributed by atoms with Crippen LogP contribution < -0.4 is 11.1 Å². The lowest BCUT2D eigenvalue weighted by Crippen LogP contribution is -2.46. The third-order valence-corrected chi connectivity index (χ3v) is 5.94. The van der Waals surface area contributed by atoms with E-state index < -0.39 is 0 Å². The first kappa shape index (κ1) is 15.8. The molecule has 2 aliphatic rings. The fourth-order valence-electron chi connectivity index (χ4n) is 4.14. The second-order valence-electron chi connectivity index (χ2n) is 7.38. The topological polar surface area (TPSA) is 55.1 Å². The number of rotatable bonds is 4. The summed E-state index contributed by atoms with van der Waals surface area (Å²) in [4.78, 5) is 12.4. The summed E-state index contributed by atoms with van der Waals surface area (Å²) >= 11 is 0. The standard InChI is InChI=1S/C17H32N2O/c1-13-7-6-8-15(14(13)2)19-16(20)11-17(12-18)9-4-3-5-10-17/h13-15H,3-12,18H2,1-2H3,(H,19,20). The molecule has 0 radical (unpaired) electrons. The summed E-state index contributed by atoms with van der Waals surface area (Å²) in [5.41, 5.74) is 6.08. The average molecular weight is 280 g/mol. The fourth-order valence-corrected chi connectivity index (χ4v) is 4.14. The van der Waals surface area contributed by atoms with Gasteiger partial charge in [-0.25, -0.2) is 0 Å². The van der Waals surface area contributed by atoms with Crippen molar-refractivity contribution in [3.05, 3.63) is 0 Å². The van der Waals surface area contributed by atoms with E-state index in [1.54, 1.807) is 0 Å². The molecule has 0 aromatic heterocycles. The van der Waals surface area contributed by atoms with Gasteiger partial charge >= 0.3 is 0 Å². The summed E-state index contributed by atoms with van der Waals surface area (Å²) in [5.74, 6) is 1.57. The van der Waals surface area contributed by atoms with Crippen molar-refractivity contribution >= 4 is 5.91 Å². The Balaban J connectivity index is 1.87. The molecule has 3 N–H and O–H groups in total. The van der Waals surface area contributed by atoms with Gasteiger partial charge in [-0.2, -0.15) is 0 Å². The van der Waals surface area contributed by atoms with Crippen molar-refractivity contribution in [3.8, 4) is 0 Å². The highest BCUT2D eigenvalue weighted by molar-refractivity contribution is 5.77. The Bertz CT molecular complexity index is 323. The number of hydrogen-bond donors (Lipinski definition) is 2. The smallest absolute Gasteiger partial charge is 0.220 e. The predicted molar refractivity (Wildman–Crippen MR) is 83.3 cm³/mol. The van der Waals surface area contributed by atoms with Gasteiger partial charge in [0.1, 0.15) is 0 Å². The number of carbonyl (C=O) groups excluding carboxylic acids is 1. The van der Waals surface area contributed by atoms with Crippen LogP contribution in [0.5, 0.6) is 0 Å². The summed E-state index contributed by atoms with van der Waals surface area (Å²) in [6.45, 7) is 5.26. The molecule has 116 valence electrons. The summed E-state index contributed by atoms with van der Waals surface area (Å²) in [7, 11) is 0. The van der Waals surface area contributed by atoms with E-state index in [1.165, 1.54) is 32.1 Å². The molecule has 3 unspecified atom stereocenters. The van der Waals surface area contributed by atoms with Crippen LogP contribution in [0.4, 0.5) is 0 Å². The highest BCUT2D eigenvalue weighted by Gasteiger charge is 2.34. The zero-order chi connectivity index (χ0) is 14.6. The minimum Gasteiger partial charge on any atom is -0.353 e. The van der Waals surface area contributed by atoms with E-state index in [2.05, 4.69) is 19.2 Å². The molecule has 20 heavy (non-hydrogen) atoms. The molecule has 3 atom stereocenters. The van der Waals surface area contributed by atoms with Crippen molar-refractivity contribution in [2.24, 2.45) is 23.0 Å². The molecule has 2 fully saturated rings. The van der Waals surface area contributed by atoms with E-state index in [0.29, 0.717) is 24.9 Å². The van der Waals surface area contributed by atoms with Gasteiger partial charge in [0.2, 0.25) is 5.91 Å². The molecule has 2 aliphatic carbocycles. The van der Waals surface area contributed by atoms with Gasteiger partial charge in [-0.15, -0.1) is 0 Å². The van der Waals surface area contributed by atoms with Crippen molar-refractivity contribution in [3.63, 3.8) is 0 Å². The molecule has 0 aliphatic heterocycles. The van der Waals surface area contributed by atoms with E-state index >= 15 is 0 Å². The third kappa shape index (κ3) is 3.75. The van der Waals surface area contributed by atoms with Gasteiger partial charge in [0.25, 0.3) is 0 Å². The van der Waals surface area contributed by atoms with E-state index in [4.69, 9.17) is 5.73 Å². The molecule has 0 bridgehead atoms. The molecule has 3 nitrogen and oxygen atoms in total. The predicted octanol–water partition coefficient (Wildman–Crippen LogP) is 3.23. The molecule has 0 saturated heterocycles. The molecule has 2 rings (SSSR count). The van der Waals surface area contributed by atoms with Gasteiger partial charge in [0.15, 0.2) is 0 Å². The molecule has 0 heterocycles. The average Bonchev–Trinajstić information content (AvgIpc) is 2.45. The van der Waals surface area contributed by atoms with Crippen LogP contribution in [0.15, 0.2) is 0 Å². The molecule has 1 amide bonds. The van der Waals surface area contributed by atoms with Gasteiger partial charge in [0.05, 0.1) is 0 Å². The van der Waals surface area contributed by atoms with Crippen LogP contribution >= 0.6 is 0 Å². The number of hydrogen-bond acceptors (Lipinski definition) is 2. The first-order valence-electron chi connectivity index (χ1n) is 8.56. The van der Waals surface area contributed by atoms with Crippen LogP contribution in [0.3, 0.4) is 0 Å². The number of carbonyl (C=O) groups is 1. The summed E-state index contributed by atoms with van der Waals surface area (Å²) < 4.78 is 0. The molecule has 0 aromatic rings. The first-order chi connectivity index (χ1) is 9.56. The van der Waals surface area contributed by atoms with Gasteiger partial charge in [-0.3, -0.25) is 4.79 Å². The highest BCUT2D eigenvalue weighted by atomic mass is 16.1. The molecule has 2 saturated carbocycles. The Morgan fingerprint density at radius 2 is 1.85 bits per heavy atom.